The second-order valence-electron chi connectivity index (χ2n) is 5.29. The third-order valence-electron chi connectivity index (χ3n) is 4.09. The summed E-state index contributed by atoms with van der Waals surface area (Å²) in [5.41, 5.74) is 6.27. The quantitative estimate of drug-likeness (QED) is 0.686. The maximum absolute atomic E-state index is 6.27. The largest absolute Gasteiger partial charge is 0.375 e. The van der Waals surface area contributed by atoms with E-state index in [1.54, 1.807) is 0 Å². The smallest absolute Gasteiger partial charge is 0.0623 e. The summed E-state index contributed by atoms with van der Waals surface area (Å²) >= 11 is 0. The summed E-state index contributed by atoms with van der Waals surface area (Å²) in [6.45, 7) is 2.25. The van der Waals surface area contributed by atoms with Gasteiger partial charge in [-0.15, -0.1) is 0 Å². The van der Waals surface area contributed by atoms with E-state index >= 15 is 0 Å². The van der Waals surface area contributed by atoms with Crippen molar-refractivity contribution < 1.29 is 4.74 Å². The van der Waals surface area contributed by atoms with Crippen LogP contribution < -0.4 is 5.73 Å². The van der Waals surface area contributed by atoms with Crippen molar-refractivity contribution in [2.24, 2.45) is 11.7 Å². The molecule has 15 heavy (non-hydrogen) atoms. The van der Waals surface area contributed by atoms with E-state index in [0.29, 0.717) is 24.2 Å². The van der Waals surface area contributed by atoms with Crippen molar-refractivity contribution in [3.05, 3.63) is 0 Å². The summed E-state index contributed by atoms with van der Waals surface area (Å²) in [4.78, 5) is 0. The molecule has 0 radical (unpaired) electrons. The zero-order valence-corrected chi connectivity index (χ0v) is 9.95. The van der Waals surface area contributed by atoms with Gasteiger partial charge in [-0.3, -0.25) is 0 Å². The van der Waals surface area contributed by atoms with Crippen LogP contribution in [0.25, 0.3) is 0 Å². The van der Waals surface area contributed by atoms with Crippen molar-refractivity contribution in [2.45, 2.75) is 76.5 Å². The van der Waals surface area contributed by atoms with E-state index in [1.807, 2.05) is 0 Å². The van der Waals surface area contributed by atoms with Gasteiger partial charge in [0.2, 0.25) is 0 Å². The first-order valence-electron chi connectivity index (χ1n) is 6.72. The molecule has 0 spiro atoms. The molecule has 0 aromatic rings. The van der Waals surface area contributed by atoms with E-state index in [9.17, 15) is 0 Å². The Bertz CT molecular complexity index is 195. The van der Waals surface area contributed by atoms with Gasteiger partial charge in [0.1, 0.15) is 0 Å². The molecular formula is C13H25NO. The van der Waals surface area contributed by atoms with Crippen LogP contribution in [0.4, 0.5) is 0 Å². The Labute approximate surface area is 93.6 Å². The van der Waals surface area contributed by atoms with Gasteiger partial charge < -0.3 is 10.5 Å². The molecule has 2 N–H and O–H groups in total. The molecule has 2 rings (SSSR count). The molecule has 0 aromatic heterocycles. The Hall–Kier alpha value is -0.0800. The number of fused-ring (bicyclic) bond motifs is 2. The van der Waals surface area contributed by atoms with Crippen molar-refractivity contribution in [2.75, 3.05) is 0 Å². The van der Waals surface area contributed by atoms with Crippen LogP contribution in [0, 0.1) is 5.92 Å². The van der Waals surface area contributed by atoms with Gasteiger partial charge in [0.25, 0.3) is 0 Å². The van der Waals surface area contributed by atoms with E-state index in [2.05, 4.69) is 6.92 Å². The minimum atomic E-state index is 0.400. The Balaban J connectivity index is 1.65. The van der Waals surface area contributed by atoms with E-state index in [4.69, 9.17) is 10.5 Å². The molecule has 2 heterocycles. The first-order chi connectivity index (χ1) is 7.31. The lowest BCUT2D eigenvalue weighted by molar-refractivity contribution is 0.0877. The highest BCUT2D eigenvalue weighted by Gasteiger charge is 2.42. The average Bonchev–Trinajstić information content (AvgIpc) is 2.85. The van der Waals surface area contributed by atoms with Crippen LogP contribution in [0.1, 0.15) is 58.3 Å². The molecule has 0 aliphatic carbocycles. The molecule has 0 saturated carbocycles. The maximum atomic E-state index is 6.27. The van der Waals surface area contributed by atoms with Gasteiger partial charge in [0.05, 0.1) is 12.2 Å². The van der Waals surface area contributed by atoms with E-state index in [0.717, 1.165) is 0 Å². The Morgan fingerprint density at radius 2 is 2.13 bits per heavy atom. The molecule has 4 atom stereocenters. The predicted molar refractivity (Wildman–Crippen MR) is 62.7 cm³/mol. The zero-order chi connectivity index (χ0) is 10.7. The SMILES string of the molecule is CCCCCCC(N)C1CC2CCC1O2. The van der Waals surface area contributed by atoms with Crippen molar-refractivity contribution >= 4 is 0 Å². The minimum Gasteiger partial charge on any atom is -0.375 e. The summed E-state index contributed by atoms with van der Waals surface area (Å²) in [7, 11) is 0. The highest BCUT2D eigenvalue weighted by atomic mass is 16.5. The Kier molecular flexibility index (Phi) is 4.04. The fraction of sp³-hybridized carbons (Fsp3) is 1.00. The third-order valence-corrected chi connectivity index (χ3v) is 4.09. The number of ether oxygens (including phenoxy) is 1. The van der Waals surface area contributed by atoms with Crippen LogP contribution in [0.3, 0.4) is 0 Å². The van der Waals surface area contributed by atoms with Gasteiger partial charge in [-0.1, -0.05) is 32.6 Å². The van der Waals surface area contributed by atoms with Crippen LogP contribution in [0.5, 0.6) is 0 Å². The van der Waals surface area contributed by atoms with E-state index in [1.165, 1.54) is 51.4 Å². The molecule has 4 unspecified atom stereocenters. The molecule has 2 aliphatic heterocycles. The van der Waals surface area contributed by atoms with Crippen LogP contribution in [0.15, 0.2) is 0 Å². The second kappa shape index (κ2) is 5.31. The van der Waals surface area contributed by atoms with Crippen molar-refractivity contribution in [1.29, 1.82) is 0 Å². The molecule has 2 bridgehead atoms. The van der Waals surface area contributed by atoms with Gasteiger partial charge in [0.15, 0.2) is 0 Å². The first-order valence-corrected chi connectivity index (χ1v) is 6.72. The molecule has 0 aromatic carbocycles. The number of hydrogen-bond donors (Lipinski definition) is 1. The van der Waals surface area contributed by atoms with Crippen molar-refractivity contribution in [3.63, 3.8) is 0 Å². The summed E-state index contributed by atoms with van der Waals surface area (Å²) in [6.07, 6.45) is 11.4. The fourth-order valence-electron chi connectivity index (χ4n) is 3.15. The van der Waals surface area contributed by atoms with Gasteiger partial charge >= 0.3 is 0 Å². The zero-order valence-electron chi connectivity index (χ0n) is 9.95. The summed E-state index contributed by atoms with van der Waals surface area (Å²) in [6, 6.07) is 0.400. The summed E-state index contributed by atoms with van der Waals surface area (Å²) in [5, 5.41) is 0. The predicted octanol–water partition coefficient (Wildman–Crippen LogP) is 2.85. The molecule has 2 nitrogen and oxygen atoms in total. The molecule has 2 fully saturated rings. The van der Waals surface area contributed by atoms with Gasteiger partial charge in [-0.2, -0.15) is 0 Å². The van der Waals surface area contributed by atoms with Gasteiger partial charge in [-0.25, -0.2) is 0 Å². The number of nitrogens with two attached hydrogens (primary N) is 1. The highest BCUT2D eigenvalue weighted by molar-refractivity contribution is 4.93. The highest BCUT2D eigenvalue weighted by Crippen LogP contribution is 2.40. The number of unbranched alkanes of at least 4 members (excludes halogenated alkanes) is 3. The van der Waals surface area contributed by atoms with Crippen LogP contribution in [-0.2, 0) is 4.74 Å². The standard InChI is InChI=1S/C13H25NO/c1-2-3-4-5-6-12(14)11-9-10-7-8-13(11)15-10/h10-13H,2-9,14H2,1H3. The molecule has 2 heteroatoms. The number of hydrogen-bond acceptors (Lipinski definition) is 2. The maximum Gasteiger partial charge on any atom is 0.0623 e. The van der Waals surface area contributed by atoms with Gasteiger partial charge in [-0.05, 0) is 25.7 Å². The molecule has 2 aliphatic rings. The monoisotopic (exact) mass is 211 g/mol. The van der Waals surface area contributed by atoms with Crippen LogP contribution in [-0.4, -0.2) is 18.2 Å². The molecule has 88 valence electrons. The Morgan fingerprint density at radius 3 is 2.73 bits per heavy atom. The topological polar surface area (TPSA) is 35.2 Å². The lowest BCUT2D eigenvalue weighted by Gasteiger charge is -2.25. The van der Waals surface area contributed by atoms with Gasteiger partial charge in [0, 0.05) is 12.0 Å². The van der Waals surface area contributed by atoms with E-state index in [-0.39, 0.29) is 0 Å². The minimum absolute atomic E-state index is 0.400. The summed E-state index contributed by atoms with van der Waals surface area (Å²) in [5.74, 6) is 0.672. The second-order valence-corrected chi connectivity index (χ2v) is 5.29. The molecule has 2 saturated heterocycles. The lowest BCUT2D eigenvalue weighted by atomic mass is 9.82. The normalized spacial score (nSPS) is 36.0. The van der Waals surface area contributed by atoms with E-state index < -0.39 is 0 Å². The molecule has 0 amide bonds. The molecular weight excluding hydrogens is 186 g/mol. The van der Waals surface area contributed by atoms with Crippen LogP contribution >= 0.6 is 0 Å². The van der Waals surface area contributed by atoms with Crippen LogP contribution in [0.2, 0.25) is 0 Å². The van der Waals surface area contributed by atoms with Crippen molar-refractivity contribution in [3.8, 4) is 0 Å². The lowest BCUT2D eigenvalue weighted by Crippen LogP contribution is -2.36. The first kappa shape index (κ1) is 11.4. The Morgan fingerprint density at radius 1 is 1.27 bits per heavy atom. The summed E-state index contributed by atoms with van der Waals surface area (Å²) < 4.78 is 5.85. The van der Waals surface area contributed by atoms with Crippen molar-refractivity contribution in [1.82, 2.24) is 0 Å². The number of rotatable bonds is 6. The fourth-order valence-corrected chi connectivity index (χ4v) is 3.15. The average molecular weight is 211 g/mol. The third kappa shape index (κ3) is 2.73.